The number of rotatable bonds is 7. The van der Waals surface area contributed by atoms with Crippen LogP contribution in [0.5, 0.6) is 0 Å². The Morgan fingerprint density at radius 1 is 1.31 bits per heavy atom. The number of thioether (sulfide) groups is 1. The summed E-state index contributed by atoms with van der Waals surface area (Å²) in [6.07, 6.45) is 1.22. The second-order valence-corrected chi connectivity index (χ2v) is 5.62. The van der Waals surface area contributed by atoms with Gasteiger partial charge in [-0.15, -0.1) is 0 Å². The van der Waals surface area contributed by atoms with Gasteiger partial charge in [-0.2, -0.15) is 11.8 Å². The number of nitrogens with one attached hydrogen (secondary N) is 1. The van der Waals surface area contributed by atoms with E-state index < -0.39 is 0 Å². The number of hydrogen-bond acceptors (Lipinski definition) is 2. The molecule has 0 fully saturated rings. The largest absolute Gasteiger partial charge is 0.319 e. The summed E-state index contributed by atoms with van der Waals surface area (Å²) in [5.74, 6) is 3.03. The van der Waals surface area contributed by atoms with Crippen LogP contribution in [0.25, 0.3) is 0 Å². The quantitative estimate of drug-likeness (QED) is 0.746. The van der Waals surface area contributed by atoms with Crippen molar-refractivity contribution in [3.05, 3.63) is 34.9 Å². The molecule has 0 radical (unpaired) electrons. The Bertz CT molecular complexity index is 286. The first kappa shape index (κ1) is 13.9. The Hall–Kier alpha value is -0.180. The van der Waals surface area contributed by atoms with Gasteiger partial charge >= 0.3 is 0 Å². The Morgan fingerprint density at radius 3 is 2.56 bits per heavy atom. The molecule has 0 heterocycles. The fourth-order valence-corrected chi connectivity index (χ4v) is 2.60. The normalized spacial score (nSPS) is 12.7. The van der Waals surface area contributed by atoms with Gasteiger partial charge in [0.05, 0.1) is 0 Å². The summed E-state index contributed by atoms with van der Waals surface area (Å²) in [5, 5.41) is 4.08. The average molecular weight is 258 g/mol. The molecular weight excluding hydrogens is 238 g/mol. The maximum atomic E-state index is 5.90. The van der Waals surface area contributed by atoms with E-state index in [1.807, 2.05) is 30.9 Å². The molecule has 1 rings (SSSR count). The zero-order chi connectivity index (χ0) is 11.8. The summed E-state index contributed by atoms with van der Waals surface area (Å²) >= 11 is 7.91. The molecule has 0 saturated heterocycles. The highest BCUT2D eigenvalue weighted by molar-refractivity contribution is 7.99. The Balaban J connectivity index is 2.57. The molecule has 0 bridgehead atoms. The average Bonchev–Trinajstić information content (AvgIpc) is 2.29. The SMILES string of the molecule is CCSCCC(CNC)c1ccc(Cl)cc1. The van der Waals surface area contributed by atoms with E-state index in [4.69, 9.17) is 11.6 Å². The molecule has 0 aliphatic carbocycles. The molecule has 1 N–H and O–H groups in total. The molecule has 0 aromatic heterocycles. The molecule has 1 unspecified atom stereocenters. The van der Waals surface area contributed by atoms with Gasteiger partial charge in [-0.1, -0.05) is 30.7 Å². The molecule has 0 aliphatic rings. The predicted octanol–water partition coefficient (Wildman–Crippen LogP) is 3.79. The van der Waals surface area contributed by atoms with Crippen molar-refractivity contribution >= 4 is 23.4 Å². The lowest BCUT2D eigenvalue weighted by Gasteiger charge is -2.16. The number of likely N-dealkylation sites (N-methyl/N-ethyl adjacent to an activating group) is 1. The minimum Gasteiger partial charge on any atom is -0.319 e. The summed E-state index contributed by atoms with van der Waals surface area (Å²) in [7, 11) is 2.01. The van der Waals surface area contributed by atoms with Crippen LogP contribution in [0.3, 0.4) is 0 Å². The fourth-order valence-electron chi connectivity index (χ4n) is 1.74. The lowest BCUT2D eigenvalue weighted by Crippen LogP contribution is -2.17. The third-order valence-electron chi connectivity index (χ3n) is 2.61. The van der Waals surface area contributed by atoms with Crippen LogP contribution < -0.4 is 5.32 Å². The van der Waals surface area contributed by atoms with E-state index in [1.165, 1.54) is 23.5 Å². The van der Waals surface area contributed by atoms with Crippen molar-refractivity contribution in [3.8, 4) is 0 Å². The highest BCUT2D eigenvalue weighted by Crippen LogP contribution is 2.22. The molecule has 0 spiro atoms. The maximum absolute atomic E-state index is 5.90. The van der Waals surface area contributed by atoms with Gasteiger partial charge in [-0.25, -0.2) is 0 Å². The second-order valence-electron chi connectivity index (χ2n) is 3.79. The third kappa shape index (κ3) is 4.77. The first-order chi connectivity index (χ1) is 7.77. The predicted molar refractivity (Wildman–Crippen MR) is 75.7 cm³/mol. The molecule has 0 amide bonds. The molecule has 1 aromatic carbocycles. The van der Waals surface area contributed by atoms with Gasteiger partial charge in [0.2, 0.25) is 0 Å². The van der Waals surface area contributed by atoms with E-state index in [0.29, 0.717) is 5.92 Å². The van der Waals surface area contributed by atoms with Crippen LogP contribution >= 0.6 is 23.4 Å². The van der Waals surface area contributed by atoms with Crippen LogP contribution in [0.2, 0.25) is 5.02 Å². The molecule has 16 heavy (non-hydrogen) atoms. The topological polar surface area (TPSA) is 12.0 Å². The van der Waals surface area contributed by atoms with Crippen molar-refractivity contribution < 1.29 is 0 Å². The first-order valence-corrected chi connectivity index (χ1v) is 7.29. The molecular formula is C13H20ClNS. The summed E-state index contributed by atoms with van der Waals surface area (Å²) in [6, 6.07) is 8.24. The van der Waals surface area contributed by atoms with Gasteiger partial charge in [-0.3, -0.25) is 0 Å². The number of halogens is 1. The van der Waals surface area contributed by atoms with E-state index >= 15 is 0 Å². The van der Waals surface area contributed by atoms with Crippen LogP contribution in [-0.2, 0) is 0 Å². The van der Waals surface area contributed by atoms with Gasteiger partial charge in [0, 0.05) is 11.6 Å². The van der Waals surface area contributed by atoms with E-state index in [9.17, 15) is 0 Å². The van der Waals surface area contributed by atoms with Crippen LogP contribution in [0.4, 0.5) is 0 Å². The highest BCUT2D eigenvalue weighted by Gasteiger charge is 2.10. The van der Waals surface area contributed by atoms with Gasteiger partial charge in [-0.05, 0) is 48.6 Å². The summed E-state index contributed by atoms with van der Waals surface area (Å²) in [5.41, 5.74) is 1.38. The third-order valence-corrected chi connectivity index (χ3v) is 3.79. The number of hydrogen-bond donors (Lipinski definition) is 1. The minimum atomic E-state index is 0.598. The zero-order valence-corrected chi connectivity index (χ0v) is 11.6. The molecule has 90 valence electrons. The highest BCUT2D eigenvalue weighted by atomic mass is 35.5. The lowest BCUT2D eigenvalue weighted by atomic mass is 9.96. The molecule has 1 aromatic rings. The lowest BCUT2D eigenvalue weighted by molar-refractivity contribution is 0.616. The Kier molecular flexibility index (Phi) is 6.93. The van der Waals surface area contributed by atoms with Crippen LogP contribution in [0, 0.1) is 0 Å². The van der Waals surface area contributed by atoms with E-state index in [2.05, 4.69) is 24.4 Å². The summed E-state index contributed by atoms with van der Waals surface area (Å²) in [4.78, 5) is 0. The minimum absolute atomic E-state index is 0.598. The van der Waals surface area contributed by atoms with Crippen molar-refractivity contribution in [2.75, 3.05) is 25.1 Å². The fraction of sp³-hybridized carbons (Fsp3) is 0.538. The van der Waals surface area contributed by atoms with Crippen LogP contribution in [0.1, 0.15) is 24.8 Å². The van der Waals surface area contributed by atoms with Crippen molar-refractivity contribution in [2.45, 2.75) is 19.3 Å². The van der Waals surface area contributed by atoms with Gasteiger partial charge in [0.1, 0.15) is 0 Å². The van der Waals surface area contributed by atoms with Gasteiger partial charge in [0.15, 0.2) is 0 Å². The van der Waals surface area contributed by atoms with Crippen LogP contribution in [-0.4, -0.2) is 25.1 Å². The monoisotopic (exact) mass is 257 g/mol. The Labute approximate surface area is 108 Å². The second kappa shape index (κ2) is 7.99. The van der Waals surface area contributed by atoms with Crippen molar-refractivity contribution in [2.24, 2.45) is 0 Å². The molecule has 0 aliphatic heterocycles. The zero-order valence-electron chi connectivity index (χ0n) is 10.0. The Morgan fingerprint density at radius 2 is 2.00 bits per heavy atom. The molecule has 1 atom stereocenters. The smallest absolute Gasteiger partial charge is 0.0406 e. The standard InChI is InChI=1S/C13H20ClNS/c1-3-16-9-8-12(10-15-2)11-4-6-13(14)7-5-11/h4-7,12,15H,3,8-10H2,1-2H3. The van der Waals surface area contributed by atoms with Crippen molar-refractivity contribution in [3.63, 3.8) is 0 Å². The van der Waals surface area contributed by atoms with E-state index in [0.717, 1.165) is 11.6 Å². The molecule has 1 nitrogen and oxygen atoms in total. The first-order valence-electron chi connectivity index (χ1n) is 5.75. The van der Waals surface area contributed by atoms with Crippen molar-refractivity contribution in [1.82, 2.24) is 5.32 Å². The maximum Gasteiger partial charge on any atom is 0.0406 e. The van der Waals surface area contributed by atoms with Gasteiger partial charge < -0.3 is 5.32 Å². The van der Waals surface area contributed by atoms with Crippen LogP contribution in [0.15, 0.2) is 24.3 Å². The van der Waals surface area contributed by atoms with E-state index in [1.54, 1.807) is 0 Å². The van der Waals surface area contributed by atoms with Crippen molar-refractivity contribution in [1.29, 1.82) is 0 Å². The number of benzene rings is 1. The molecule has 0 saturated carbocycles. The van der Waals surface area contributed by atoms with E-state index in [-0.39, 0.29) is 0 Å². The molecule has 3 heteroatoms. The summed E-state index contributed by atoms with van der Waals surface area (Å²) < 4.78 is 0. The summed E-state index contributed by atoms with van der Waals surface area (Å²) in [6.45, 7) is 3.24. The van der Waals surface area contributed by atoms with Gasteiger partial charge in [0.25, 0.3) is 0 Å².